The third kappa shape index (κ3) is 7.47. The van der Waals surface area contributed by atoms with E-state index in [1.807, 2.05) is 0 Å². The third-order valence-electron chi connectivity index (χ3n) is 9.49. The second kappa shape index (κ2) is 16.5. The van der Waals surface area contributed by atoms with E-state index in [1.54, 1.807) is 0 Å². The smallest absolute Gasteiger partial charge is 0.312 e. The summed E-state index contributed by atoms with van der Waals surface area (Å²) in [7, 11) is 0. The highest BCUT2D eigenvalue weighted by Crippen LogP contribution is 2.62. The second-order valence-electron chi connectivity index (χ2n) is 12.1. The zero-order chi connectivity index (χ0) is 38.7. The van der Waals surface area contributed by atoms with Gasteiger partial charge in [-0.15, -0.1) is 26.3 Å². The number of rotatable bonds is 22. The Hall–Kier alpha value is -5.28. The van der Waals surface area contributed by atoms with Gasteiger partial charge < -0.3 is 40.9 Å². The quantitative estimate of drug-likeness (QED) is 0.0753. The van der Waals surface area contributed by atoms with Crippen molar-refractivity contribution >= 4 is 47.8 Å². The number of allylic oxidation sites excluding steroid dienone is 4. The summed E-state index contributed by atoms with van der Waals surface area (Å²) in [6.45, 7) is 17.8. The van der Waals surface area contributed by atoms with E-state index >= 15 is 0 Å². The molecule has 0 rings (SSSR count). The molecule has 8 N–H and O–H groups in total. The van der Waals surface area contributed by atoms with Crippen LogP contribution in [-0.4, -0.2) is 88.6 Å². The first kappa shape index (κ1) is 44.8. The van der Waals surface area contributed by atoms with Crippen LogP contribution in [0.15, 0.2) is 50.6 Å². The number of carboxylic acid groups (broad SMARTS) is 8. The van der Waals surface area contributed by atoms with E-state index in [1.165, 1.54) is 12.2 Å². The van der Waals surface area contributed by atoms with Gasteiger partial charge in [-0.2, -0.15) is 0 Å². The predicted octanol–water partition coefficient (Wildman–Crippen LogP) is 3.73. The molecule has 4 unspecified atom stereocenters. The minimum Gasteiger partial charge on any atom is -0.481 e. The van der Waals surface area contributed by atoms with Crippen molar-refractivity contribution in [3.8, 4) is 0 Å². The lowest BCUT2D eigenvalue weighted by Crippen LogP contribution is -2.64. The molecule has 0 aliphatic carbocycles. The van der Waals surface area contributed by atoms with Crippen molar-refractivity contribution in [1.29, 1.82) is 0 Å². The van der Waals surface area contributed by atoms with Gasteiger partial charge in [0, 0.05) is 0 Å². The fraction of sp³-hybridized carbons (Fsp3) is 0.500. The van der Waals surface area contributed by atoms with Gasteiger partial charge in [0.2, 0.25) is 0 Å². The first-order valence-electron chi connectivity index (χ1n) is 14.0. The van der Waals surface area contributed by atoms with Crippen LogP contribution in [0, 0.1) is 32.5 Å². The Morgan fingerprint density at radius 1 is 0.458 bits per heavy atom. The average Bonchev–Trinajstić information content (AvgIpc) is 2.93. The van der Waals surface area contributed by atoms with Crippen LogP contribution in [0.25, 0.3) is 0 Å². The van der Waals surface area contributed by atoms with E-state index in [0.717, 1.165) is 39.8 Å². The molecule has 0 heterocycles. The summed E-state index contributed by atoms with van der Waals surface area (Å²) in [6, 6.07) is 0. The summed E-state index contributed by atoms with van der Waals surface area (Å²) < 4.78 is 0. The molecule has 48 heavy (non-hydrogen) atoms. The Morgan fingerprint density at radius 3 is 1.04 bits per heavy atom. The van der Waals surface area contributed by atoms with Crippen molar-refractivity contribution in [2.75, 3.05) is 0 Å². The zero-order valence-corrected chi connectivity index (χ0v) is 27.2. The van der Waals surface area contributed by atoms with Crippen molar-refractivity contribution in [2.24, 2.45) is 32.5 Å². The lowest BCUT2D eigenvalue weighted by Gasteiger charge is -2.53. The van der Waals surface area contributed by atoms with Gasteiger partial charge in [-0.05, 0) is 53.4 Å². The molecule has 0 amide bonds. The molecule has 0 saturated heterocycles. The number of carboxylic acids is 8. The molecule has 16 nitrogen and oxygen atoms in total. The molecule has 0 aromatic rings. The maximum atomic E-state index is 12.6. The fourth-order valence-electron chi connectivity index (χ4n) is 6.27. The lowest BCUT2D eigenvalue weighted by molar-refractivity contribution is -0.201. The van der Waals surface area contributed by atoms with E-state index in [-0.39, 0.29) is 0 Å². The molecule has 0 aliphatic heterocycles. The van der Waals surface area contributed by atoms with Gasteiger partial charge in [0.25, 0.3) is 0 Å². The molecule has 0 saturated carbocycles. The van der Waals surface area contributed by atoms with E-state index < -0.39 is 119 Å². The molecular weight excluding hydrogens is 640 g/mol. The van der Waals surface area contributed by atoms with E-state index in [9.17, 15) is 74.1 Å². The molecule has 4 atom stereocenters. The standard InChI is InChI=1S/C20H26O8.C12H18O8/c1-5-9-18(10-6-2,15(23)24)20(12-8-4,17(27)28)19(11-7-3,16(25)26)13-14(21)22;1-10(2,7(15)16)12(4,9(19)20)11(3,8(17)18)5-6(13)14/h5-8H,1-4,9-13H2,(H,21,22)(H,23,24)(H,25,26)(H,27,28);5H2,1-4H3,(H,13,14)(H,15,16)(H,17,18)(H,19,20). The van der Waals surface area contributed by atoms with Crippen molar-refractivity contribution in [3.63, 3.8) is 0 Å². The molecule has 268 valence electrons. The van der Waals surface area contributed by atoms with E-state index in [2.05, 4.69) is 26.3 Å². The summed E-state index contributed by atoms with van der Waals surface area (Å²) in [6.07, 6.45) is 0.300. The van der Waals surface area contributed by atoms with Gasteiger partial charge in [0.15, 0.2) is 0 Å². The van der Waals surface area contributed by atoms with E-state index in [0.29, 0.717) is 0 Å². The molecule has 0 radical (unpaired) electrons. The van der Waals surface area contributed by atoms with Gasteiger partial charge in [-0.1, -0.05) is 24.3 Å². The highest BCUT2D eigenvalue weighted by molar-refractivity contribution is 5.96. The van der Waals surface area contributed by atoms with Crippen LogP contribution < -0.4 is 0 Å². The van der Waals surface area contributed by atoms with Crippen LogP contribution in [0.2, 0.25) is 0 Å². The minimum atomic E-state index is -2.59. The van der Waals surface area contributed by atoms with Crippen LogP contribution in [0.5, 0.6) is 0 Å². The molecule has 0 aliphatic rings. The average molecular weight is 685 g/mol. The van der Waals surface area contributed by atoms with Crippen molar-refractivity contribution in [1.82, 2.24) is 0 Å². The van der Waals surface area contributed by atoms with Crippen LogP contribution in [0.3, 0.4) is 0 Å². The van der Waals surface area contributed by atoms with Gasteiger partial charge in [-0.25, -0.2) is 0 Å². The summed E-state index contributed by atoms with van der Waals surface area (Å²) in [5.74, 6) is -13.1. The molecule has 0 bridgehead atoms. The van der Waals surface area contributed by atoms with Gasteiger partial charge in [0.1, 0.15) is 5.41 Å². The Morgan fingerprint density at radius 2 is 0.812 bits per heavy atom. The third-order valence-corrected chi connectivity index (χ3v) is 9.49. The Kier molecular flexibility index (Phi) is 15.4. The minimum absolute atomic E-state index is 0.430. The SMILES string of the molecule is C=CCC(CC=C)(C(=O)O)C(CC=C)(C(=O)O)C(CC=C)(CC(=O)O)C(=O)O.CC(C)(C(=O)O)C(C)(C(=O)O)C(C)(CC(=O)O)C(=O)O. The van der Waals surface area contributed by atoms with Gasteiger partial charge in [-0.3, -0.25) is 38.4 Å². The molecular formula is C32H44O16. The first-order valence-corrected chi connectivity index (χ1v) is 14.0. The van der Waals surface area contributed by atoms with Gasteiger partial charge in [0.05, 0.1) is 39.9 Å². The lowest BCUT2D eigenvalue weighted by atomic mass is 9.45. The topological polar surface area (TPSA) is 298 Å². The largest absolute Gasteiger partial charge is 0.481 e. The fourth-order valence-corrected chi connectivity index (χ4v) is 6.27. The summed E-state index contributed by atoms with van der Waals surface area (Å²) in [5.41, 5.74) is -14.0. The molecule has 0 fully saturated rings. The highest BCUT2D eigenvalue weighted by atomic mass is 16.4. The number of hydrogen-bond donors (Lipinski definition) is 8. The Bertz CT molecular complexity index is 1350. The maximum Gasteiger partial charge on any atom is 0.312 e. The number of hydrogen-bond acceptors (Lipinski definition) is 8. The molecule has 16 heteroatoms. The van der Waals surface area contributed by atoms with E-state index in [4.69, 9.17) is 5.11 Å². The van der Waals surface area contributed by atoms with Crippen molar-refractivity contribution < 1.29 is 79.2 Å². The molecule has 0 spiro atoms. The monoisotopic (exact) mass is 684 g/mol. The van der Waals surface area contributed by atoms with Crippen LogP contribution in [0.4, 0.5) is 0 Å². The van der Waals surface area contributed by atoms with Crippen LogP contribution in [0.1, 0.15) is 66.2 Å². The Labute approximate surface area is 276 Å². The van der Waals surface area contributed by atoms with Crippen molar-refractivity contribution in [2.45, 2.75) is 66.2 Å². The normalized spacial score (nSPS) is 16.2. The zero-order valence-electron chi connectivity index (χ0n) is 27.2. The highest BCUT2D eigenvalue weighted by Gasteiger charge is 2.72. The summed E-state index contributed by atoms with van der Waals surface area (Å²) in [4.78, 5) is 94.3. The second-order valence-corrected chi connectivity index (χ2v) is 12.1. The number of carbonyl (C=O) groups is 8. The maximum absolute atomic E-state index is 12.6. The molecule has 0 aromatic carbocycles. The Balaban J connectivity index is 0. The first-order chi connectivity index (χ1) is 21.7. The van der Waals surface area contributed by atoms with Crippen molar-refractivity contribution in [3.05, 3.63) is 50.6 Å². The van der Waals surface area contributed by atoms with Gasteiger partial charge >= 0.3 is 47.8 Å². The summed E-state index contributed by atoms with van der Waals surface area (Å²) in [5, 5.41) is 76.5. The molecule has 0 aromatic heterocycles. The number of aliphatic carboxylic acids is 8. The van der Waals surface area contributed by atoms with Crippen LogP contribution >= 0.6 is 0 Å². The summed E-state index contributed by atoms with van der Waals surface area (Å²) >= 11 is 0. The predicted molar refractivity (Wildman–Crippen MR) is 167 cm³/mol. The van der Waals surface area contributed by atoms with Crippen LogP contribution in [-0.2, 0) is 38.4 Å².